The second-order valence-electron chi connectivity index (χ2n) is 8.21. The molecule has 0 radical (unpaired) electrons. The van der Waals surface area contributed by atoms with Gasteiger partial charge < -0.3 is 24.8 Å². The molecule has 0 bridgehead atoms. The van der Waals surface area contributed by atoms with E-state index in [1.807, 2.05) is 32.0 Å². The zero-order chi connectivity index (χ0) is 26.2. The van der Waals surface area contributed by atoms with Crippen molar-refractivity contribution < 1.29 is 28.6 Å². The first-order chi connectivity index (χ1) is 17.9. The minimum Gasteiger partial charge on any atom is -0.483 e. The molecule has 0 atom stereocenters. The number of hydrogen-bond acceptors (Lipinski definition) is 7. The van der Waals surface area contributed by atoms with Gasteiger partial charge in [0.05, 0.1) is 6.21 Å². The van der Waals surface area contributed by atoms with Crippen LogP contribution in [0.25, 0.3) is 0 Å². The molecular weight excluding hydrogens is 476 g/mol. The Morgan fingerprint density at radius 1 is 0.946 bits per heavy atom. The Hall–Kier alpha value is -4.86. The van der Waals surface area contributed by atoms with E-state index in [4.69, 9.17) is 14.2 Å². The van der Waals surface area contributed by atoms with Gasteiger partial charge in [0.15, 0.2) is 18.1 Å². The number of anilines is 1. The predicted molar refractivity (Wildman–Crippen MR) is 137 cm³/mol. The minimum atomic E-state index is -0.927. The van der Waals surface area contributed by atoms with Gasteiger partial charge in [-0.25, -0.2) is 5.43 Å². The minimum absolute atomic E-state index is 0.132. The standard InChI is InChI=1S/C27H26N4O6/c1-17-6-5-7-18(2)25(17)30-24(32)15-35-21-9-4-3-8-20(21)14-29-31-27(34)26(33)28-13-19-10-11-22-23(12-19)37-16-36-22/h3-12,14H,13,15-16H2,1-2H3,(H,28,33)(H,30,32)(H,31,34). The van der Waals surface area contributed by atoms with Crippen LogP contribution >= 0.6 is 0 Å². The van der Waals surface area contributed by atoms with Crippen molar-refractivity contribution in [2.75, 3.05) is 18.7 Å². The van der Waals surface area contributed by atoms with Crippen LogP contribution in [-0.2, 0) is 20.9 Å². The number of carbonyl (C=O) groups is 3. The molecule has 190 valence electrons. The van der Waals surface area contributed by atoms with Crippen molar-refractivity contribution in [3.8, 4) is 17.2 Å². The quantitative estimate of drug-likeness (QED) is 0.247. The molecule has 0 unspecified atom stereocenters. The Kier molecular flexibility index (Phi) is 7.99. The third kappa shape index (κ3) is 6.63. The molecular formula is C27H26N4O6. The fourth-order valence-electron chi connectivity index (χ4n) is 3.57. The third-order valence-electron chi connectivity index (χ3n) is 5.49. The average Bonchev–Trinajstić information content (AvgIpc) is 3.37. The fraction of sp³-hybridized carbons (Fsp3) is 0.185. The van der Waals surface area contributed by atoms with Gasteiger partial charge in [0.2, 0.25) is 6.79 Å². The zero-order valence-electron chi connectivity index (χ0n) is 20.4. The highest BCUT2D eigenvalue weighted by Crippen LogP contribution is 2.32. The van der Waals surface area contributed by atoms with E-state index in [0.29, 0.717) is 22.8 Å². The molecule has 0 aliphatic carbocycles. The molecule has 3 aromatic carbocycles. The average molecular weight is 503 g/mol. The number of ether oxygens (including phenoxy) is 3. The summed E-state index contributed by atoms with van der Waals surface area (Å²) in [5.41, 5.74) is 6.12. The van der Waals surface area contributed by atoms with Gasteiger partial charge in [-0.15, -0.1) is 0 Å². The molecule has 10 heteroatoms. The lowest BCUT2D eigenvalue weighted by Crippen LogP contribution is -2.37. The van der Waals surface area contributed by atoms with Gasteiger partial charge in [0.1, 0.15) is 5.75 Å². The van der Waals surface area contributed by atoms with Crippen LogP contribution in [0, 0.1) is 13.8 Å². The Morgan fingerprint density at radius 3 is 2.51 bits per heavy atom. The summed E-state index contributed by atoms with van der Waals surface area (Å²) in [4.78, 5) is 36.6. The highest BCUT2D eigenvalue weighted by Gasteiger charge is 2.16. The lowest BCUT2D eigenvalue weighted by Gasteiger charge is -2.13. The van der Waals surface area contributed by atoms with Crippen molar-refractivity contribution >= 4 is 29.6 Å². The van der Waals surface area contributed by atoms with Gasteiger partial charge in [0.25, 0.3) is 5.91 Å². The van der Waals surface area contributed by atoms with E-state index in [2.05, 4.69) is 21.2 Å². The van der Waals surface area contributed by atoms with Gasteiger partial charge in [-0.1, -0.05) is 36.4 Å². The molecule has 37 heavy (non-hydrogen) atoms. The van der Waals surface area contributed by atoms with E-state index in [9.17, 15) is 14.4 Å². The van der Waals surface area contributed by atoms with Gasteiger partial charge in [-0.3, -0.25) is 14.4 Å². The number of benzene rings is 3. The largest absolute Gasteiger partial charge is 0.483 e. The summed E-state index contributed by atoms with van der Waals surface area (Å²) >= 11 is 0. The number of para-hydroxylation sites is 2. The van der Waals surface area contributed by atoms with Crippen molar-refractivity contribution in [3.63, 3.8) is 0 Å². The van der Waals surface area contributed by atoms with Crippen LogP contribution in [0.2, 0.25) is 0 Å². The van der Waals surface area contributed by atoms with Crippen LogP contribution in [0.15, 0.2) is 65.8 Å². The number of aryl methyl sites for hydroxylation is 2. The fourth-order valence-corrected chi connectivity index (χ4v) is 3.57. The summed E-state index contributed by atoms with van der Waals surface area (Å²) in [6.07, 6.45) is 1.34. The van der Waals surface area contributed by atoms with Crippen LogP contribution in [0.3, 0.4) is 0 Å². The summed E-state index contributed by atoms with van der Waals surface area (Å²) in [5.74, 6) is -0.468. The molecule has 4 rings (SSSR count). The number of hydrazone groups is 1. The Bertz CT molecular complexity index is 1330. The zero-order valence-corrected chi connectivity index (χ0v) is 20.4. The number of amides is 3. The molecule has 0 saturated heterocycles. The van der Waals surface area contributed by atoms with Crippen molar-refractivity contribution in [2.45, 2.75) is 20.4 Å². The lowest BCUT2D eigenvalue weighted by atomic mass is 10.1. The first-order valence-electron chi connectivity index (χ1n) is 11.5. The topological polar surface area (TPSA) is 127 Å². The molecule has 1 heterocycles. The molecule has 1 aliphatic heterocycles. The maximum Gasteiger partial charge on any atom is 0.329 e. The van der Waals surface area contributed by atoms with Gasteiger partial charge in [0, 0.05) is 17.8 Å². The molecule has 10 nitrogen and oxygen atoms in total. The van der Waals surface area contributed by atoms with Crippen LogP contribution in [-0.4, -0.2) is 37.3 Å². The first kappa shape index (κ1) is 25.2. The van der Waals surface area contributed by atoms with E-state index in [1.165, 1.54) is 6.21 Å². The highest BCUT2D eigenvalue weighted by molar-refractivity contribution is 6.35. The van der Waals surface area contributed by atoms with Gasteiger partial charge in [-0.05, 0) is 54.8 Å². The van der Waals surface area contributed by atoms with Crippen molar-refractivity contribution in [1.82, 2.24) is 10.7 Å². The maximum absolute atomic E-state index is 12.4. The van der Waals surface area contributed by atoms with Crippen molar-refractivity contribution in [2.24, 2.45) is 5.10 Å². The number of hydrogen-bond donors (Lipinski definition) is 3. The van der Waals surface area contributed by atoms with E-state index in [-0.39, 0.29) is 25.9 Å². The molecule has 0 spiro atoms. The van der Waals surface area contributed by atoms with Gasteiger partial charge >= 0.3 is 11.8 Å². The molecule has 0 aromatic heterocycles. The lowest BCUT2D eigenvalue weighted by molar-refractivity contribution is -0.139. The highest BCUT2D eigenvalue weighted by atomic mass is 16.7. The SMILES string of the molecule is Cc1cccc(C)c1NC(=O)COc1ccccc1C=NNC(=O)C(=O)NCc1ccc2c(c1)OCO2. The van der Waals surface area contributed by atoms with Crippen LogP contribution in [0.4, 0.5) is 5.69 Å². The second kappa shape index (κ2) is 11.7. The summed E-state index contributed by atoms with van der Waals surface area (Å²) in [7, 11) is 0. The number of rotatable bonds is 8. The molecule has 1 aliphatic rings. The van der Waals surface area contributed by atoms with E-state index in [1.54, 1.807) is 42.5 Å². The van der Waals surface area contributed by atoms with E-state index >= 15 is 0 Å². The van der Waals surface area contributed by atoms with Crippen molar-refractivity contribution in [1.29, 1.82) is 0 Å². The second-order valence-corrected chi connectivity index (χ2v) is 8.21. The molecule has 0 saturated carbocycles. The normalized spacial score (nSPS) is 11.7. The van der Waals surface area contributed by atoms with Crippen molar-refractivity contribution in [3.05, 3.63) is 82.9 Å². The molecule has 3 aromatic rings. The molecule has 3 N–H and O–H groups in total. The number of fused-ring (bicyclic) bond motifs is 1. The summed E-state index contributed by atoms with van der Waals surface area (Å²) in [6.45, 7) is 3.91. The summed E-state index contributed by atoms with van der Waals surface area (Å²) < 4.78 is 16.2. The number of nitrogens with one attached hydrogen (secondary N) is 3. The Morgan fingerprint density at radius 2 is 1.70 bits per heavy atom. The molecule has 3 amide bonds. The van der Waals surface area contributed by atoms with Crippen LogP contribution in [0.5, 0.6) is 17.2 Å². The summed E-state index contributed by atoms with van der Waals surface area (Å²) in [6, 6.07) is 17.9. The monoisotopic (exact) mass is 502 g/mol. The number of nitrogens with zero attached hydrogens (tertiary/aromatic N) is 1. The van der Waals surface area contributed by atoms with E-state index < -0.39 is 11.8 Å². The van der Waals surface area contributed by atoms with E-state index in [0.717, 1.165) is 22.4 Å². The van der Waals surface area contributed by atoms with Crippen LogP contribution < -0.4 is 30.3 Å². The maximum atomic E-state index is 12.4. The Balaban J connectivity index is 1.27. The summed E-state index contributed by atoms with van der Waals surface area (Å²) in [5, 5.41) is 9.22. The Labute approximate surface area is 213 Å². The smallest absolute Gasteiger partial charge is 0.329 e. The van der Waals surface area contributed by atoms with Crippen LogP contribution in [0.1, 0.15) is 22.3 Å². The van der Waals surface area contributed by atoms with Gasteiger partial charge in [-0.2, -0.15) is 5.10 Å². The molecule has 0 fully saturated rings. The third-order valence-corrected chi connectivity index (χ3v) is 5.49. The number of carbonyl (C=O) groups excluding carboxylic acids is 3. The predicted octanol–water partition coefficient (Wildman–Crippen LogP) is 2.82. The first-order valence-corrected chi connectivity index (χ1v) is 11.5.